The van der Waals surface area contributed by atoms with Crippen LogP contribution in [0.3, 0.4) is 0 Å². The van der Waals surface area contributed by atoms with Gasteiger partial charge in [0.2, 0.25) is 0 Å². The van der Waals surface area contributed by atoms with Gasteiger partial charge in [-0.15, -0.1) is 0 Å². The Hall–Kier alpha value is -2.59. The Morgan fingerprint density at radius 2 is 1.51 bits per heavy atom. The standard InChI is InChI=1S/C23H29F3NO7P/c1-5-32-21(28)22(29,23(24,25)26)17-10-12-18(13-11-17)27-20(35(30,33-6-2)34-7-3)16-8-14-19(31-4)15-9-16/h8-15,20,27,29H,5-7H2,1-4H3/t20-,22-/m1/s1. The molecule has 35 heavy (non-hydrogen) atoms. The van der Waals surface area contributed by atoms with Crippen molar-refractivity contribution in [1.82, 2.24) is 0 Å². The molecule has 0 amide bonds. The van der Waals surface area contributed by atoms with E-state index in [0.717, 1.165) is 12.1 Å². The summed E-state index contributed by atoms with van der Waals surface area (Å²) in [6, 6.07) is 10.9. The molecule has 8 nitrogen and oxygen atoms in total. The van der Waals surface area contributed by atoms with Crippen molar-refractivity contribution in [2.45, 2.75) is 38.3 Å². The summed E-state index contributed by atoms with van der Waals surface area (Å²) < 4.78 is 75.1. The van der Waals surface area contributed by atoms with Crippen molar-refractivity contribution in [2.24, 2.45) is 0 Å². The molecule has 0 aliphatic heterocycles. The monoisotopic (exact) mass is 519 g/mol. The van der Waals surface area contributed by atoms with E-state index in [4.69, 9.17) is 13.8 Å². The molecule has 0 spiro atoms. The molecule has 2 aromatic rings. The van der Waals surface area contributed by atoms with E-state index in [-0.39, 0.29) is 25.5 Å². The smallest absolute Gasteiger partial charge is 0.432 e. The minimum atomic E-state index is -5.32. The van der Waals surface area contributed by atoms with E-state index in [2.05, 4.69) is 10.1 Å². The van der Waals surface area contributed by atoms with Crippen molar-refractivity contribution in [3.63, 3.8) is 0 Å². The second-order valence-corrected chi connectivity index (χ2v) is 9.31. The summed E-state index contributed by atoms with van der Waals surface area (Å²) >= 11 is 0. The van der Waals surface area contributed by atoms with Crippen molar-refractivity contribution >= 4 is 19.3 Å². The van der Waals surface area contributed by atoms with E-state index in [1.165, 1.54) is 26.2 Å². The molecule has 0 aliphatic carbocycles. The van der Waals surface area contributed by atoms with Crippen molar-refractivity contribution in [3.8, 4) is 5.75 Å². The fourth-order valence-electron chi connectivity index (χ4n) is 3.28. The van der Waals surface area contributed by atoms with Crippen LogP contribution in [0.15, 0.2) is 48.5 Å². The van der Waals surface area contributed by atoms with Crippen LogP contribution >= 0.6 is 7.60 Å². The minimum Gasteiger partial charge on any atom is -0.497 e. The maximum absolute atomic E-state index is 13.6. The average molecular weight is 519 g/mol. The number of hydrogen-bond acceptors (Lipinski definition) is 8. The van der Waals surface area contributed by atoms with E-state index >= 15 is 0 Å². The lowest BCUT2D eigenvalue weighted by molar-refractivity contribution is -0.267. The molecule has 12 heteroatoms. The van der Waals surface area contributed by atoms with Crippen LogP contribution in [0.2, 0.25) is 0 Å². The lowest BCUT2D eigenvalue weighted by Crippen LogP contribution is -2.50. The number of anilines is 1. The maximum atomic E-state index is 13.6. The maximum Gasteiger partial charge on any atom is 0.432 e. The number of nitrogens with one attached hydrogen (secondary N) is 1. The molecule has 0 fully saturated rings. The number of ether oxygens (including phenoxy) is 2. The van der Waals surface area contributed by atoms with Gasteiger partial charge in [0.1, 0.15) is 5.75 Å². The Labute approximate surface area is 201 Å². The van der Waals surface area contributed by atoms with Crippen LogP contribution in [0.25, 0.3) is 0 Å². The number of aliphatic hydroxyl groups is 1. The first-order valence-electron chi connectivity index (χ1n) is 10.8. The molecule has 0 heterocycles. The van der Waals surface area contributed by atoms with Crippen LogP contribution in [0.4, 0.5) is 18.9 Å². The topological polar surface area (TPSA) is 103 Å². The molecule has 0 saturated heterocycles. The molecular weight excluding hydrogens is 490 g/mol. The summed E-state index contributed by atoms with van der Waals surface area (Å²) in [5.41, 5.74) is -3.82. The fourth-order valence-corrected chi connectivity index (χ4v) is 5.21. The Balaban J connectivity index is 2.48. The molecule has 0 saturated carbocycles. The Bertz CT molecular complexity index is 1010. The summed E-state index contributed by atoms with van der Waals surface area (Å²) in [5.74, 6) is -2.29. The zero-order valence-electron chi connectivity index (χ0n) is 19.8. The third kappa shape index (κ3) is 6.35. The number of halogens is 3. The van der Waals surface area contributed by atoms with Crippen LogP contribution in [0.1, 0.15) is 37.7 Å². The van der Waals surface area contributed by atoms with Gasteiger partial charge in [-0.2, -0.15) is 13.2 Å². The molecule has 0 aromatic heterocycles. The van der Waals surface area contributed by atoms with E-state index in [1.54, 1.807) is 38.1 Å². The first-order chi connectivity index (χ1) is 16.5. The third-order valence-electron chi connectivity index (χ3n) is 4.95. The Kier molecular flexibility index (Phi) is 9.74. The molecule has 0 unspecified atom stereocenters. The normalized spacial score (nSPS) is 14.6. The molecule has 0 radical (unpaired) electrons. The second kappa shape index (κ2) is 11.9. The highest BCUT2D eigenvalue weighted by Crippen LogP contribution is 2.61. The molecule has 194 valence electrons. The summed E-state index contributed by atoms with van der Waals surface area (Å²) in [7, 11) is -2.30. The van der Waals surface area contributed by atoms with E-state index in [1.807, 2.05) is 0 Å². The zero-order chi connectivity index (χ0) is 26.3. The van der Waals surface area contributed by atoms with Crippen LogP contribution in [-0.2, 0) is 28.7 Å². The largest absolute Gasteiger partial charge is 0.497 e. The van der Waals surface area contributed by atoms with Gasteiger partial charge in [0.25, 0.3) is 5.60 Å². The van der Waals surface area contributed by atoms with Crippen molar-refractivity contribution in [3.05, 3.63) is 59.7 Å². The third-order valence-corrected chi connectivity index (χ3v) is 7.25. The van der Waals surface area contributed by atoms with Gasteiger partial charge in [-0.3, -0.25) is 4.57 Å². The van der Waals surface area contributed by atoms with Gasteiger partial charge in [-0.05, 0) is 50.6 Å². The predicted molar refractivity (Wildman–Crippen MR) is 123 cm³/mol. The zero-order valence-corrected chi connectivity index (χ0v) is 20.7. The van der Waals surface area contributed by atoms with Gasteiger partial charge in [0, 0.05) is 11.3 Å². The quantitative estimate of drug-likeness (QED) is 0.285. The first-order valence-corrected chi connectivity index (χ1v) is 12.4. The van der Waals surface area contributed by atoms with Gasteiger partial charge < -0.3 is 28.9 Å². The Morgan fingerprint density at radius 1 is 0.971 bits per heavy atom. The summed E-state index contributed by atoms with van der Waals surface area (Å²) in [5, 5.41) is 13.3. The highest BCUT2D eigenvalue weighted by molar-refractivity contribution is 7.54. The minimum absolute atomic E-state index is 0.0860. The number of carbonyl (C=O) groups is 1. The number of methoxy groups -OCH3 is 1. The SMILES string of the molecule is CCOC(=O)[C@](O)(c1ccc(N[C@@H](c2ccc(OC)cc2)P(=O)(OCC)OCC)cc1)C(F)(F)F. The number of hydrogen-bond donors (Lipinski definition) is 2. The van der Waals surface area contributed by atoms with Crippen molar-refractivity contribution in [1.29, 1.82) is 0 Å². The van der Waals surface area contributed by atoms with Gasteiger partial charge in [0.15, 0.2) is 5.78 Å². The molecular formula is C23H29F3NO7P. The first kappa shape index (κ1) is 28.6. The molecule has 2 N–H and O–H groups in total. The number of alkyl halides is 3. The van der Waals surface area contributed by atoms with Crippen LogP contribution < -0.4 is 10.1 Å². The van der Waals surface area contributed by atoms with Gasteiger partial charge in [0.05, 0.1) is 26.9 Å². The highest BCUT2D eigenvalue weighted by Gasteiger charge is 2.62. The number of rotatable bonds is 12. The number of esters is 1. The lowest BCUT2D eigenvalue weighted by Gasteiger charge is -2.30. The molecule has 2 rings (SSSR count). The van der Waals surface area contributed by atoms with Crippen LogP contribution in [0, 0.1) is 0 Å². The highest BCUT2D eigenvalue weighted by atomic mass is 31.2. The van der Waals surface area contributed by atoms with Crippen LogP contribution in [-0.4, -0.2) is 44.2 Å². The number of benzene rings is 2. The lowest BCUT2D eigenvalue weighted by atomic mass is 9.93. The van der Waals surface area contributed by atoms with Gasteiger partial charge >= 0.3 is 19.7 Å². The van der Waals surface area contributed by atoms with Gasteiger partial charge in [-0.1, -0.05) is 24.3 Å². The molecule has 0 aliphatic rings. The fraction of sp³-hybridized carbons (Fsp3) is 0.435. The van der Waals surface area contributed by atoms with E-state index in [9.17, 15) is 27.6 Å². The van der Waals surface area contributed by atoms with Crippen molar-refractivity contribution in [2.75, 3.05) is 32.2 Å². The summed E-state index contributed by atoms with van der Waals surface area (Å²) in [6.45, 7) is 4.46. The summed E-state index contributed by atoms with van der Waals surface area (Å²) in [4.78, 5) is 12.0. The molecule has 2 atom stereocenters. The number of carbonyl (C=O) groups excluding carboxylic acids is 1. The van der Waals surface area contributed by atoms with Crippen molar-refractivity contribution < 1.29 is 46.2 Å². The molecule has 0 bridgehead atoms. The average Bonchev–Trinajstić information content (AvgIpc) is 2.82. The molecule has 2 aromatic carbocycles. The van der Waals surface area contributed by atoms with E-state index in [0.29, 0.717) is 11.3 Å². The summed E-state index contributed by atoms with van der Waals surface area (Å²) in [6.07, 6.45) is -5.32. The van der Waals surface area contributed by atoms with Crippen LogP contribution in [0.5, 0.6) is 5.75 Å². The second-order valence-electron chi connectivity index (χ2n) is 7.20. The van der Waals surface area contributed by atoms with E-state index < -0.39 is 36.7 Å². The van der Waals surface area contributed by atoms with Gasteiger partial charge in [-0.25, -0.2) is 4.79 Å². The predicted octanol–water partition coefficient (Wildman–Crippen LogP) is 5.39. The Morgan fingerprint density at radius 3 is 1.94 bits per heavy atom.